The topological polar surface area (TPSA) is 96.0 Å². The number of furan rings is 1. The Kier molecular flexibility index (Phi) is 8.19. The minimum atomic E-state index is -0.735. The highest BCUT2D eigenvalue weighted by Gasteiger charge is 2.34. The van der Waals surface area contributed by atoms with Gasteiger partial charge in [-0.2, -0.15) is 0 Å². The van der Waals surface area contributed by atoms with Gasteiger partial charge in [-0.3, -0.25) is 9.78 Å². The molecule has 3 atom stereocenters. The lowest BCUT2D eigenvalue weighted by atomic mass is 9.81. The minimum absolute atomic E-state index is 0.0666. The lowest BCUT2D eigenvalue weighted by molar-refractivity contribution is -0.146. The van der Waals surface area contributed by atoms with Crippen molar-refractivity contribution >= 4 is 16.9 Å². The fourth-order valence-corrected chi connectivity index (χ4v) is 5.09. The van der Waals surface area contributed by atoms with E-state index in [-0.39, 0.29) is 5.92 Å². The van der Waals surface area contributed by atoms with Gasteiger partial charge in [0.1, 0.15) is 5.75 Å². The molecule has 1 aliphatic rings. The summed E-state index contributed by atoms with van der Waals surface area (Å²) >= 11 is 0. The average Bonchev–Trinajstić information content (AvgIpc) is 3.38. The molecule has 7 heteroatoms. The van der Waals surface area contributed by atoms with Crippen LogP contribution in [0.2, 0.25) is 0 Å². The Bertz CT molecular complexity index is 1070. The van der Waals surface area contributed by atoms with E-state index in [0.717, 1.165) is 61.0 Å². The van der Waals surface area contributed by atoms with E-state index < -0.39 is 18.0 Å². The van der Waals surface area contributed by atoms with Crippen molar-refractivity contribution in [2.45, 2.75) is 44.6 Å². The summed E-state index contributed by atoms with van der Waals surface area (Å²) in [4.78, 5) is 18.7. The number of carbonyl (C=O) groups is 1. The van der Waals surface area contributed by atoms with Gasteiger partial charge in [0.25, 0.3) is 0 Å². The van der Waals surface area contributed by atoms with Gasteiger partial charge in [-0.05, 0) is 99.0 Å². The fourth-order valence-electron chi connectivity index (χ4n) is 5.09. The SMILES string of the molecule is COc1ccc2nccc([C@@H](O)CC[C@@H]3CCN(CCCCc4ccoc4)C[C@@H]3C(=O)O)c2c1. The summed E-state index contributed by atoms with van der Waals surface area (Å²) in [5.74, 6) is -0.347. The fraction of sp³-hybridized carbons (Fsp3) is 0.481. The van der Waals surface area contributed by atoms with E-state index in [4.69, 9.17) is 9.15 Å². The van der Waals surface area contributed by atoms with Crippen molar-refractivity contribution in [2.24, 2.45) is 11.8 Å². The number of fused-ring (bicyclic) bond motifs is 1. The van der Waals surface area contributed by atoms with Crippen molar-refractivity contribution < 1.29 is 24.2 Å². The Hall–Kier alpha value is -2.90. The number of methoxy groups -OCH3 is 1. The highest BCUT2D eigenvalue weighted by atomic mass is 16.5. The Morgan fingerprint density at radius 1 is 1.29 bits per heavy atom. The van der Waals surface area contributed by atoms with Crippen LogP contribution >= 0.6 is 0 Å². The average molecular weight is 467 g/mol. The molecule has 0 spiro atoms. The normalized spacial score (nSPS) is 19.8. The number of aliphatic hydroxyl groups is 1. The number of piperidine rings is 1. The van der Waals surface area contributed by atoms with E-state index in [2.05, 4.69) is 9.88 Å². The van der Waals surface area contributed by atoms with Crippen LogP contribution in [0, 0.1) is 11.8 Å². The van der Waals surface area contributed by atoms with Crippen molar-refractivity contribution in [2.75, 3.05) is 26.7 Å². The van der Waals surface area contributed by atoms with Gasteiger partial charge in [-0.1, -0.05) is 0 Å². The molecule has 2 N–H and O–H groups in total. The van der Waals surface area contributed by atoms with Crippen molar-refractivity contribution in [1.29, 1.82) is 0 Å². The molecule has 3 heterocycles. The zero-order valence-corrected chi connectivity index (χ0v) is 19.7. The number of nitrogens with zero attached hydrogens (tertiary/aromatic N) is 2. The van der Waals surface area contributed by atoms with Gasteiger partial charge in [0.05, 0.1) is 37.2 Å². The number of likely N-dealkylation sites (tertiary alicyclic amines) is 1. The second kappa shape index (κ2) is 11.5. The second-order valence-electron chi connectivity index (χ2n) is 9.26. The predicted octanol–water partition coefficient (Wildman–Crippen LogP) is 4.70. The number of rotatable bonds is 11. The third kappa shape index (κ3) is 5.96. The van der Waals surface area contributed by atoms with Crippen LogP contribution in [-0.4, -0.2) is 52.8 Å². The first-order chi connectivity index (χ1) is 16.5. The number of aliphatic carboxylic acids is 1. The molecule has 1 saturated heterocycles. The molecule has 0 radical (unpaired) electrons. The summed E-state index contributed by atoms with van der Waals surface area (Å²) in [6.45, 7) is 2.41. The van der Waals surface area contributed by atoms with Gasteiger partial charge in [0.15, 0.2) is 0 Å². The maximum absolute atomic E-state index is 12.0. The number of carboxylic acid groups (broad SMARTS) is 1. The summed E-state index contributed by atoms with van der Waals surface area (Å²) in [6, 6.07) is 9.47. The molecule has 0 bridgehead atoms. The summed E-state index contributed by atoms with van der Waals surface area (Å²) in [7, 11) is 1.62. The first kappa shape index (κ1) is 24.2. The lowest BCUT2D eigenvalue weighted by Crippen LogP contribution is -2.44. The zero-order valence-electron chi connectivity index (χ0n) is 19.7. The van der Waals surface area contributed by atoms with Gasteiger partial charge in [-0.15, -0.1) is 0 Å². The van der Waals surface area contributed by atoms with Crippen LogP contribution in [0.15, 0.2) is 53.5 Å². The van der Waals surface area contributed by atoms with Crippen LogP contribution in [-0.2, 0) is 11.2 Å². The molecule has 2 aromatic heterocycles. The first-order valence-corrected chi connectivity index (χ1v) is 12.1. The Morgan fingerprint density at radius 3 is 2.94 bits per heavy atom. The molecule has 0 unspecified atom stereocenters. The zero-order chi connectivity index (χ0) is 23.9. The van der Waals surface area contributed by atoms with E-state index in [9.17, 15) is 15.0 Å². The molecule has 182 valence electrons. The second-order valence-corrected chi connectivity index (χ2v) is 9.26. The third-order valence-corrected chi connectivity index (χ3v) is 7.08. The number of pyridine rings is 1. The number of aryl methyl sites for hydroxylation is 1. The molecule has 0 aliphatic carbocycles. The highest BCUT2D eigenvalue weighted by molar-refractivity contribution is 5.83. The molecule has 0 saturated carbocycles. The molecule has 0 amide bonds. The first-order valence-electron chi connectivity index (χ1n) is 12.1. The minimum Gasteiger partial charge on any atom is -0.497 e. The van der Waals surface area contributed by atoms with Gasteiger partial charge in [-0.25, -0.2) is 0 Å². The predicted molar refractivity (Wildman–Crippen MR) is 130 cm³/mol. The number of benzene rings is 1. The van der Waals surface area contributed by atoms with Crippen LogP contribution in [0.1, 0.15) is 49.3 Å². The van der Waals surface area contributed by atoms with E-state index in [1.54, 1.807) is 25.8 Å². The maximum Gasteiger partial charge on any atom is 0.308 e. The smallest absolute Gasteiger partial charge is 0.308 e. The van der Waals surface area contributed by atoms with Crippen LogP contribution in [0.5, 0.6) is 5.75 Å². The molecule has 1 aromatic carbocycles. The third-order valence-electron chi connectivity index (χ3n) is 7.08. The number of aliphatic hydroxyl groups excluding tert-OH is 1. The number of unbranched alkanes of at least 4 members (excludes halogenated alkanes) is 1. The van der Waals surface area contributed by atoms with Crippen LogP contribution in [0.3, 0.4) is 0 Å². The largest absolute Gasteiger partial charge is 0.497 e. The molecule has 4 rings (SSSR count). The summed E-state index contributed by atoms with van der Waals surface area (Å²) in [6.07, 6.45) is 9.66. The van der Waals surface area contributed by atoms with Crippen molar-refractivity contribution in [1.82, 2.24) is 9.88 Å². The molecular weight excluding hydrogens is 432 g/mol. The van der Waals surface area contributed by atoms with Gasteiger partial charge in [0, 0.05) is 18.1 Å². The van der Waals surface area contributed by atoms with E-state index in [0.29, 0.717) is 19.4 Å². The van der Waals surface area contributed by atoms with Gasteiger partial charge >= 0.3 is 5.97 Å². The standard InChI is InChI=1S/C27H34N2O5/c1-33-21-6-7-25-23(16-21)22(9-12-28-25)26(30)8-5-20-10-14-29(17-24(20)27(31)32)13-3-2-4-19-11-15-34-18-19/h6-7,9,11-12,15-16,18,20,24,26,30H,2-5,8,10,13-14,17H2,1H3,(H,31,32)/t20-,24+,26+/m1/s1. The van der Waals surface area contributed by atoms with Crippen LogP contribution in [0.25, 0.3) is 10.9 Å². The molecule has 1 fully saturated rings. The summed E-state index contributed by atoms with van der Waals surface area (Å²) < 4.78 is 10.4. The number of hydrogen-bond acceptors (Lipinski definition) is 6. The number of hydrogen-bond donors (Lipinski definition) is 2. The number of ether oxygens (including phenoxy) is 1. The van der Waals surface area contributed by atoms with Crippen molar-refractivity contribution in [3.8, 4) is 5.75 Å². The Morgan fingerprint density at radius 2 is 2.18 bits per heavy atom. The molecular formula is C27H34N2O5. The van der Waals surface area contributed by atoms with Crippen molar-refractivity contribution in [3.63, 3.8) is 0 Å². The number of aromatic nitrogens is 1. The van der Waals surface area contributed by atoms with E-state index in [1.165, 1.54) is 5.56 Å². The van der Waals surface area contributed by atoms with E-state index >= 15 is 0 Å². The summed E-state index contributed by atoms with van der Waals surface area (Å²) in [5.41, 5.74) is 2.83. The lowest BCUT2D eigenvalue weighted by Gasteiger charge is -2.37. The van der Waals surface area contributed by atoms with E-state index in [1.807, 2.05) is 30.3 Å². The monoisotopic (exact) mass is 466 g/mol. The Labute approximate surface area is 200 Å². The van der Waals surface area contributed by atoms with Crippen molar-refractivity contribution in [3.05, 3.63) is 60.2 Å². The Balaban J connectivity index is 1.31. The maximum atomic E-state index is 12.0. The molecule has 7 nitrogen and oxygen atoms in total. The van der Waals surface area contributed by atoms with Crippen LogP contribution < -0.4 is 4.74 Å². The van der Waals surface area contributed by atoms with Crippen LogP contribution in [0.4, 0.5) is 0 Å². The quantitative estimate of drug-likeness (QED) is 0.396. The summed E-state index contributed by atoms with van der Waals surface area (Å²) in [5, 5.41) is 21.7. The molecule has 1 aliphatic heterocycles. The molecule has 3 aromatic rings. The number of carboxylic acids is 1. The highest BCUT2D eigenvalue weighted by Crippen LogP contribution is 2.33. The van der Waals surface area contributed by atoms with Gasteiger partial charge < -0.3 is 24.3 Å². The molecule has 34 heavy (non-hydrogen) atoms. The van der Waals surface area contributed by atoms with Gasteiger partial charge in [0.2, 0.25) is 0 Å².